The minimum atomic E-state index is -0.407. The summed E-state index contributed by atoms with van der Waals surface area (Å²) in [6.07, 6.45) is 3.30. The Balaban J connectivity index is 1.61. The molecule has 0 aromatic rings. The molecule has 3 nitrogen and oxygen atoms in total. The fourth-order valence-electron chi connectivity index (χ4n) is 6.69. The number of alkyl halides is 1. The van der Waals surface area contributed by atoms with Crippen molar-refractivity contribution in [1.82, 2.24) is 4.90 Å². The summed E-state index contributed by atoms with van der Waals surface area (Å²) < 4.78 is 0. The minimum Gasteiger partial charge on any atom is -0.342 e. The van der Waals surface area contributed by atoms with E-state index in [-0.39, 0.29) is 17.7 Å². The summed E-state index contributed by atoms with van der Waals surface area (Å²) in [5.74, 6) is 2.44. The van der Waals surface area contributed by atoms with Gasteiger partial charge in [0.2, 0.25) is 5.91 Å². The molecule has 112 valence electrons. The zero-order valence-electron chi connectivity index (χ0n) is 12.1. The highest BCUT2D eigenvalue weighted by Crippen LogP contribution is 2.79. The summed E-state index contributed by atoms with van der Waals surface area (Å²) >= 11 is 3.62. The molecule has 1 amide bonds. The molecule has 21 heavy (non-hydrogen) atoms. The van der Waals surface area contributed by atoms with Gasteiger partial charge in [-0.3, -0.25) is 9.59 Å². The van der Waals surface area contributed by atoms with E-state index in [9.17, 15) is 9.59 Å². The third-order valence-corrected chi connectivity index (χ3v) is 8.30. The lowest BCUT2D eigenvalue weighted by molar-refractivity contribution is -0.145. The highest BCUT2D eigenvalue weighted by atomic mass is 79.9. The number of hydrogen-bond donors (Lipinski definition) is 0. The van der Waals surface area contributed by atoms with Crippen LogP contribution in [0.3, 0.4) is 0 Å². The van der Waals surface area contributed by atoms with Crippen LogP contribution in [-0.4, -0.2) is 35.0 Å². The Labute approximate surface area is 133 Å². The van der Waals surface area contributed by atoms with Crippen LogP contribution in [0.4, 0.5) is 0 Å². The first-order chi connectivity index (χ1) is 10.1. The molecule has 0 aromatic carbocycles. The summed E-state index contributed by atoms with van der Waals surface area (Å²) in [6, 6.07) is 0. The Morgan fingerprint density at radius 3 is 2.76 bits per heavy atom. The number of ketones is 1. The molecule has 5 fully saturated rings. The molecule has 4 heteroatoms. The van der Waals surface area contributed by atoms with E-state index in [0.717, 1.165) is 37.9 Å². The van der Waals surface area contributed by atoms with Gasteiger partial charge in [-0.25, -0.2) is 0 Å². The van der Waals surface area contributed by atoms with Crippen LogP contribution in [0.5, 0.6) is 0 Å². The molecule has 1 heterocycles. The van der Waals surface area contributed by atoms with Crippen molar-refractivity contribution in [3.05, 3.63) is 12.2 Å². The fraction of sp³-hybridized carbons (Fsp3) is 0.765. The largest absolute Gasteiger partial charge is 0.342 e. The molecular formula is C17H20BrNO2. The first-order valence-electron chi connectivity index (χ1n) is 8.20. The molecule has 2 bridgehead atoms. The predicted octanol–water partition coefficient (Wildman–Crippen LogP) is 2.26. The molecule has 0 aromatic heterocycles. The summed E-state index contributed by atoms with van der Waals surface area (Å²) in [5.41, 5.74) is 0.743. The molecule has 1 saturated heterocycles. The fourth-order valence-corrected chi connectivity index (χ4v) is 7.74. The van der Waals surface area contributed by atoms with E-state index >= 15 is 0 Å². The maximum Gasteiger partial charge on any atom is 0.227 e. The van der Waals surface area contributed by atoms with E-state index in [0.29, 0.717) is 34.8 Å². The van der Waals surface area contributed by atoms with E-state index in [1.807, 2.05) is 4.90 Å². The highest BCUT2D eigenvalue weighted by Gasteiger charge is 2.81. The van der Waals surface area contributed by atoms with Gasteiger partial charge in [0.15, 0.2) is 0 Å². The third-order valence-electron chi connectivity index (χ3n) is 7.37. The van der Waals surface area contributed by atoms with Crippen molar-refractivity contribution in [3.63, 3.8) is 0 Å². The monoisotopic (exact) mass is 349 g/mol. The van der Waals surface area contributed by atoms with E-state index in [1.165, 1.54) is 0 Å². The van der Waals surface area contributed by atoms with Crippen LogP contribution >= 0.6 is 15.9 Å². The van der Waals surface area contributed by atoms with Crippen LogP contribution in [0, 0.1) is 40.9 Å². The number of likely N-dealkylation sites (tertiary alicyclic amines) is 1. The van der Waals surface area contributed by atoms with Crippen molar-refractivity contribution in [2.24, 2.45) is 40.9 Å². The first kappa shape index (κ1) is 12.9. The average Bonchev–Trinajstić information content (AvgIpc) is 3.16. The zero-order valence-corrected chi connectivity index (χ0v) is 13.6. The quantitative estimate of drug-likeness (QED) is 0.566. The van der Waals surface area contributed by atoms with E-state index < -0.39 is 5.41 Å². The van der Waals surface area contributed by atoms with Crippen molar-refractivity contribution in [3.8, 4) is 0 Å². The number of carbonyl (C=O) groups excluding carboxylic acids is 2. The van der Waals surface area contributed by atoms with Gasteiger partial charge in [-0.05, 0) is 42.9 Å². The second-order valence-corrected chi connectivity index (χ2v) is 8.27. The van der Waals surface area contributed by atoms with Gasteiger partial charge in [0.05, 0.1) is 11.3 Å². The molecule has 0 radical (unpaired) electrons. The van der Waals surface area contributed by atoms with Gasteiger partial charge in [-0.2, -0.15) is 0 Å². The van der Waals surface area contributed by atoms with Crippen molar-refractivity contribution in [1.29, 1.82) is 0 Å². The highest BCUT2D eigenvalue weighted by molar-refractivity contribution is 9.09. The van der Waals surface area contributed by atoms with E-state index in [1.54, 1.807) is 0 Å². The number of halogens is 1. The first-order valence-corrected chi connectivity index (χ1v) is 9.33. The number of allylic oxidation sites excluding steroid dienone is 1. The number of hydrogen-bond acceptors (Lipinski definition) is 2. The summed E-state index contributed by atoms with van der Waals surface area (Å²) in [4.78, 5) is 28.2. The topological polar surface area (TPSA) is 37.4 Å². The van der Waals surface area contributed by atoms with Crippen LogP contribution < -0.4 is 0 Å². The second-order valence-electron chi connectivity index (χ2n) is 7.71. The molecular weight excluding hydrogens is 330 g/mol. The third kappa shape index (κ3) is 1.15. The lowest BCUT2D eigenvalue weighted by Crippen LogP contribution is -2.51. The van der Waals surface area contributed by atoms with Gasteiger partial charge >= 0.3 is 0 Å². The number of rotatable bonds is 2. The maximum atomic E-state index is 13.1. The smallest absolute Gasteiger partial charge is 0.227 e. The van der Waals surface area contributed by atoms with Crippen LogP contribution in [0.2, 0.25) is 0 Å². The van der Waals surface area contributed by atoms with E-state index in [4.69, 9.17) is 0 Å². The minimum absolute atomic E-state index is 0.0713. The maximum absolute atomic E-state index is 13.1. The van der Waals surface area contributed by atoms with Gasteiger partial charge in [0.1, 0.15) is 5.78 Å². The number of carbonyl (C=O) groups is 2. The summed E-state index contributed by atoms with van der Waals surface area (Å²) in [5, 5.41) is 0.664. The number of Topliss-reactive ketones (excluding diaryl/α,β-unsaturated/α-hetero) is 1. The number of amides is 1. The molecule has 4 saturated carbocycles. The van der Waals surface area contributed by atoms with Gasteiger partial charge in [0.25, 0.3) is 0 Å². The molecule has 0 N–H and O–H groups in total. The van der Waals surface area contributed by atoms with Gasteiger partial charge in [-0.1, -0.05) is 28.1 Å². The Morgan fingerprint density at radius 1 is 1.38 bits per heavy atom. The standard InChI is InChI=1S/C17H20BrNO2/c1-8-11-9-6-10-13(11)12(8)15(20)17(10,7-18)14(9)16(21)19-4-2-3-5-19/h9-14H,1-7H2/t9-,10+,11-,12-,13+,14+,17+/m0/s1. The molecule has 5 rings (SSSR count). The summed E-state index contributed by atoms with van der Waals surface area (Å²) in [6.45, 7) is 5.98. The van der Waals surface area contributed by atoms with Crippen molar-refractivity contribution in [2.45, 2.75) is 19.3 Å². The van der Waals surface area contributed by atoms with Crippen molar-refractivity contribution < 1.29 is 9.59 Å². The Morgan fingerprint density at radius 2 is 2.10 bits per heavy atom. The molecule has 0 spiro atoms. The van der Waals surface area contributed by atoms with Crippen molar-refractivity contribution >= 4 is 27.6 Å². The van der Waals surface area contributed by atoms with Gasteiger partial charge < -0.3 is 4.90 Å². The Bertz CT molecular complexity index is 581. The average molecular weight is 350 g/mol. The van der Waals surface area contributed by atoms with E-state index in [2.05, 4.69) is 22.5 Å². The summed E-state index contributed by atoms with van der Waals surface area (Å²) in [7, 11) is 0. The molecule has 0 unspecified atom stereocenters. The van der Waals surface area contributed by atoms with Gasteiger partial charge in [-0.15, -0.1) is 0 Å². The zero-order chi connectivity index (χ0) is 14.5. The lowest BCUT2D eigenvalue weighted by atomic mass is 9.57. The number of fused-ring (bicyclic) bond motifs is 2. The Hall–Kier alpha value is -0.640. The predicted molar refractivity (Wildman–Crippen MR) is 81.7 cm³/mol. The molecule has 1 aliphatic heterocycles. The SMILES string of the molecule is C=C1[C@@H]2C(=O)[C@]3(CBr)[C@@H]4C[C@@H]([C@H]1[C@H]24)[C@@H]3C(=O)N1CCCC1. The second kappa shape index (κ2) is 3.81. The molecule has 4 aliphatic carbocycles. The number of nitrogens with zero attached hydrogens (tertiary/aromatic N) is 1. The molecule has 7 atom stereocenters. The normalized spacial score (nSPS) is 52.7. The van der Waals surface area contributed by atoms with Crippen LogP contribution in [0.25, 0.3) is 0 Å². The Kier molecular flexibility index (Phi) is 2.34. The van der Waals surface area contributed by atoms with Crippen LogP contribution in [0.1, 0.15) is 19.3 Å². The molecule has 5 aliphatic rings. The van der Waals surface area contributed by atoms with Gasteiger partial charge in [0, 0.05) is 24.3 Å². The van der Waals surface area contributed by atoms with Crippen LogP contribution in [0.15, 0.2) is 12.2 Å². The van der Waals surface area contributed by atoms with Crippen LogP contribution in [-0.2, 0) is 9.59 Å². The van der Waals surface area contributed by atoms with Crippen molar-refractivity contribution in [2.75, 3.05) is 18.4 Å². The lowest BCUT2D eigenvalue weighted by Gasteiger charge is -2.46.